The molecule has 0 fully saturated rings. The smallest absolute Gasteiger partial charge is 0.238 e. The summed E-state index contributed by atoms with van der Waals surface area (Å²) in [5, 5.41) is 32.9. The third kappa shape index (κ3) is 2.12. The first-order valence-electron chi connectivity index (χ1n) is 1.76. The molecule has 4 N–H and O–H groups in total. The van der Waals surface area contributed by atoms with E-state index >= 15 is 0 Å². The molecule has 0 aromatic rings. The fraction of sp³-hybridized carbons (Fsp3) is 0.333. The van der Waals surface area contributed by atoms with Crippen molar-refractivity contribution < 1.29 is 20.4 Å². The van der Waals surface area contributed by atoms with Gasteiger partial charge >= 0.3 is 0 Å². The average Bonchev–Trinajstić information content (AvgIpc) is 1.62. The molecule has 0 aromatic heterocycles. The molecule has 0 rings (SSSR count). The lowest BCUT2D eigenvalue weighted by molar-refractivity contribution is -0.0745. The monoisotopic (exact) mass is 138 g/mol. The highest BCUT2D eigenvalue weighted by Gasteiger charge is 2.20. The maximum atomic E-state index is 8.33. The van der Waals surface area contributed by atoms with Crippen molar-refractivity contribution in [3.63, 3.8) is 0 Å². The lowest BCUT2D eigenvalue weighted by atomic mass is 10.5. The Morgan fingerprint density at radius 3 is 1.88 bits per heavy atom. The van der Waals surface area contributed by atoms with Crippen LogP contribution in [0.3, 0.4) is 0 Å². The molecule has 0 bridgehead atoms. The number of aliphatic hydroxyl groups is 4. The van der Waals surface area contributed by atoms with Crippen molar-refractivity contribution in [2.24, 2.45) is 0 Å². The van der Waals surface area contributed by atoms with Gasteiger partial charge in [-0.2, -0.15) is 0 Å². The third-order valence-corrected chi connectivity index (χ3v) is 0.795. The molecule has 0 aliphatic heterocycles. The second-order valence-electron chi connectivity index (χ2n) is 1.24. The van der Waals surface area contributed by atoms with Crippen LogP contribution >= 0.6 is 9.24 Å². The van der Waals surface area contributed by atoms with Gasteiger partial charge in [-0.05, 0) is 0 Å². The summed E-state index contributed by atoms with van der Waals surface area (Å²) in [6.07, 6.45) is 0.201. The zero-order chi connectivity index (χ0) is 6.78. The van der Waals surface area contributed by atoms with E-state index in [4.69, 9.17) is 20.4 Å². The summed E-state index contributed by atoms with van der Waals surface area (Å²) in [6.45, 7) is 0. The maximum Gasteiger partial charge on any atom is 0.238 e. The van der Waals surface area contributed by atoms with Gasteiger partial charge in [-0.15, -0.1) is 0 Å². The van der Waals surface area contributed by atoms with Gasteiger partial charge in [0.05, 0.1) is 0 Å². The van der Waals surface area contributed by atoms with Gasteiger partial charge < -0.3 is 20.4 Å². The van der Waals surface area contributed by atoms with Gasteiger partial charge in [-0.25, -0.2) is 0 Å². The van der Waals surface area contributed by atoms with E-state index in [2.05, 4.69) is 0 Å². The van der Waals surface area contributed by atoms with Gasteiger partial charge in [0.25, 0.3) is 0 Å². The number of rotatable bonds is 1. The van der Waals surface area contributed by atoms with Gasteiger partial charge in [0.2, 0.25) is 5.53 Å². The number of hydrogen-bond donors (Lipinski definition) is 4. The fourth-order valence-electron chi connectivity index (χ4n) is 0.0950. The molecular weight excluding hydrogens is 131 g/mol. The second-order valence-corrected chi connectivity index (χ2v) is 2.05. The first kappa shape index (κ1) is 7.69. The number of hydrogen-bond acceptors (Lipinski definition) is 4. The molecule has 0 saturated carbocycles. The third-order valence-electron chi connectivity index (χ3n) is 0.499. The molecular formula is C3H7O4P. The number of aliphatic hydroxyl groups excluding tert-OH is 2. The summed E-state index contributed by atoms with van der Waals surface area (Å²) in [6, 6.07) is 0. The van der Waals surface area contributed by atoms with E-state index in [1.54, 1.807) is 0 Å². The van der Waals surface area contributed by atoms with Gasteiger partial charge in [-0.1, -0.05) is 9.24 Å². The van der Waals surface area contributed by atoms with Crippen LogP contribution in [0.4, 0.5) is 0 Å². The van der Waals surface area contributed by atoms with Crippen LogP contribution in [0.1, 0.15) is 0 Å². The lowest BCUT2D eigenvalue weighted by Gasteiger charge is -2.11. The molecule has 48 valence electrons. The van der Waals surface area contributed by atoms with Crippen LogP contribution in [0.2, 0.25) is 0 Å². The second kappa shape index (κ2) is 2.31. The van der Waals surface area contributed by atoms with Crippen LogP contribution in [-0.2, 0) is 0 Å². The van der Waals surface area contributed by atoms with Crippen LogP contribution < -0.4 is 0 Å². The van der Waals surface area contributed by atoms with E-state index < -0.39 is 11.3 Å². The van der Waals surface area contributed by atoms with Gasteiger partial charge in [-0.3, -0.25) is 0 Å². The van der Waals surface area contributed by atoms with Crippen molar-refractivity contribution in [3.05, 3.63) is 12.0 Å². The van der Waals surface area contributed by atoms with E-state index in [9.17, 15) is 0 Å². The van der Waals surface area contributed by atoms with Crippen molar-refractivity contribution in [2.45, 2.75) is 5.53 Å². The summed E-state index contributed by atoms with van der Waals surface area (Å²) in [7, 11) is 1.51. The zero-order valence-corrected chi connectivity index (χ0v) is 5.10. The molecule has 0 heterocycles. The molecule has 0 amide bonds. The quantitative estimate of drug-likeness (QED) is 0.223. The summed E-state index contributed by atoms with van der Waals surface area (Å²) in [5.74, 6) is -0.914. The standard InChI is InChI=1S/C3H7O4P/c4-1-2(5)3(6,7)8/h1,4-7H,8H2. The summed E-state index contributed by atoms with van der Waals surface area (Å²) in [5.41, 5.74) is -2.41. The Bertz CT molecular complexity index is 102. The molecule has 5 heteroatoms. The van der Waals surface area contributed by atoms with Gasteiger partial charge in [0.1, 0.15) is 6.26 Å². The molecule has 0 radical (unpaired) electrons. The van der Waals surface area contributed by atoms with E-state index in [1.807, 2.05) is 0 Å². The summed E-state index contributed by atoms with van der Waals surface area (Å²) in [4.78, 5) is 0. The molecule has 0 aromatic carbocycles. The topological polar surface area (TPSA) is 80.9 Å². The molecule has 0 spiro atoms. The average molecular weight is 138 g/mol. The largest absolute Gasteiger partial charge is 0.512 e. The first-order valence-corrected chi connectivity index (χ1v) is 2.33. The van der Waals surface area contributed by atoms with Crippen LogP contribution in [0, 0.1) is 0 Å². The van der Waals surface area contributed by atoms with Crippen LogP contribution in [-0.4, -0.2) is 26.0 Å². The van der Waals surface area contributed by atoms with E-state index in [1.165, 1.54) is 9.24 Å². The Kier molecular flexibility index (Phi) is 2.22. The van der Waals surface area contributed by atoms with Crippen molar-refractivity contribution in [3.8, 4) is 0 Å². The zero-order valence-electron chi connectivity index (χ0n) is 3.94. The SMILES string of the molecule is OC=C(O)C(O)(O)P. The predicted molar refractivity (Wildman–Crippen MR) is 30.2 cm³/mol. The van der Waals surface area contributed by atoms with Crippen molar-refractivity contribution >= 4 is 9.24 Å². The highest BCUT2D eigenvalue weighted by atomic mass is 31.0. The highest BCUT2D eigenvalue weighted by Crippen LogP contribution is 2.16. The fourth-order valence-corrected chi connectivity index (χ4v) is 0.170. The van der Waals surface area contributed by atoms with E-state index in [-0.39, 0.29) is 6.26 Å². The Balaban J connectivity index is 4.03. The highest BCUT2D eigenvalue weighted by molar-refractivity contribution is 7.18. The normalized spacial score (nSPS) is 14.1. The van der Waals surface area contributed by atoms with E-state index in [0.717, 1.165) is 0 Å². The molecule has 0 saturated heterocycles. The Morgan fingerprint density at radius 2 is 1.88 bits per heavy atom. The molecule has 8 heavy (non-hydrogen) atoms. The minimum Gasteiger partial charge on any atom is -0.512 e. The van der Waals surface area contributed by atoms with Crippen LogP contribution in [0.15, 0.2) is 12.0 Å². The summed E-state index contributed by atoms with van der Waals surface area (Å²) >= 11 is 0. The lowest BCUT2D eigenvalue weighted by Crippen LogP contribution is -2.21. The summed E-state index contributed by atoms with van der Waals surface area (Å²) < 4.78 is 0. The molecule has 4 nitrogen and oxygen atoms in total. The molecule has 1 unspecified atom stereocenters. The molecule has 1 atom stereocenters. The molecule has 0 aliphatic carbocycles. The van der Waals surface area contributed by atoms with Crippen molar-refractivity contribution in [2.75, 3.05) is 0 Å². The first-order chi connectivity index (χ1) is 3.48. The maximum absolute atomic E-state index is 8.33. The molecule has 0 aliphatic rings. The van der Waals surface area contributed by atoms with E-state index in [0.29, 0.717) is 0 Å². The minimum atomic E-state index is -2.41. The van der Waals surface area contributed by atoms with Crippen molar-refractivity contribution in [1.29, 1.82) is 0 Å². The van der Waals surface area contributed by atoms with Crippen LogP contribution in [0.5, 0.6) is 0 Å². The Hall–Kier alpha value is -0.310. The minimum absolute atomic E-state index is 0.201. The van der Waals surface area contributed by atoms with Gasteiger partial charge in [0, 0.05) is 0 Å². The predicted octanol–water partition coefficient (Wildman–Crippen LogP) is -0.543. The Labute approximate surface area is 48.3 Å². The Morgan fingerprint density at radius 1 is 1.50 bits per heavy atom. The van der Waals surface area contributed by atoms with Gasteiger partial charge in [0.15, 0.2) is 5.76 Å². The van der Waals surface area contributed by atoms with Crippen molar-refractivity contribution in [1.82, 2.24) is 0 Å². The van der Waals surface area contributed by atoms with Crippen LogP contribution in [0.25, 0.3) is 0 Å².